The minimum atomic E-state index is -0.569. The Hall–Kier alpha value is -4.55. The number of amides is 3. The summed E-state index contributed by atoms with van der Waals surface area (Å²) in [4.78, 5) is 50.6. The first-order valence-electron chi connectivity index (χ1n) is 16.2. The molecule has 5 heterocycles. The highest BCUT2D eigenvalue weighted by Crippen LogP contribution is 2.28. The minimum absolute atomic E-state index is 0.0170. The van der Waals surface area contributed by atoms with E-state index in [4.69, 9.17) is 9.47 Å². The Kier molecular flexibility index (Phi) is 10.3. The number of para-hydroxylation sites is 1. The van der Waals surface area contributed by atoms with Crippen LogP contribution in [0.25, 0.3) is 0 Å². The Morgan fingerprint density at radius 1 is 0.936 bits per heavy atom. The fourth-order valence-electron chi connectivity index (χ4n) is 6.61. The van der Waals surface area contributed by atoms with Crippen molar-refractivity contribution >= 4 is 17.7 Å². The van der Waals surface area contributed by atoms with Crippen LogP contribution < -0.4 is 10.1 Å². The maximum Gasteiger partial charge on any atom is 0.270 e. The summed E-state index contributed by atoms with van der Waals surface area (Å²) in [5.74, 6) is -0.802. The van der Waals surface area contributed by atoms with Crippen molar-refractivity contribution < 1.29 is 33.4 Å². The van der Waals surface area contributed by atoms with Crippen molar-refractivity contribution in [1.29, 1.82) is 0 Å². The Morgan fingerprint density at radius 2 is 1.72 bits per heavy atom. The molecule has 0 unspecified atom stereocenters. The first-order chi connectivity index (χ1) is 22.9. The van der Waals surface area contributed by atoms with Gasteiger partial charge in [0, 0.05) is 56.9 Å². The minimum Gasteiger partial charge on any atom is -0.508 e. The van der Waals surface area contributed by atoms with Crippen LogP contribution in [0.3, 0.4) is 0 Å². The van der Waals surface area contributed by atoms with E-state index in [2.05, 4.69) is 10.3 Å². The SMILES string of the molecule is O=C1N[C@@H]2C[C@@H](C(=O)N3CCC(CC3)CN(C(=O)c3ccccc3F)CCOCCOc3cccc1n3)N(Cc1ccccc1O)C2. The zero-order chi connectivity index (χ0) is 32.8. The number of fused-ring (bicyclic) bond motifs is 10. The number of likely N-dealkylation sites (tertiary alicyclic amines) is 1. The van der Waals surface area contributed by atoms with Crippen LogP contribution in [0.2, 0.25) is 0 Å². The lowest BCUT2D eigenvalue weighted by Crippen LogP contribution is -2.49. The number of hydrogen-bond donors (Lipinski definition) is 2. The van der Waals surface area contributed by atoms with Crippen LogP contribution in [0.1, 0.15) is 45.7 Å². The third kappa shape index (κ3) is 7.88. The number of ether oxygens (including phenoxy) is 2. The van der Waals surface area contributed by atoms with Crippen molar-refractivity contribution in [3.05, 3.63) is 89.4 Å². The smallest absolute Gasteiger partial charge is 0.270 e. The lowest BCUT2D eigenvalue weighted by Gasteiger charge is -2.37. The molecule has 0 radical (unpaired) electrons. The predicted molar refractivity (Wildman–Crippen MR) is 170 cm³/mol. The van der Waals surface area contributed by atoms with Gasteiger partial charge < -0.3 is 29.7 Å². The average molecular weight is 646 g/mol. The summed E-state index contributed by atoms with van der Waals surface area (Å²) >= 11 is 0. The summed E-state index contributed by atoms with van der Waals surface area (Å²) in [5, 5.41) is 13.5. The van der Waals surface area contributed by atoms with E-state index < -0.39 is 17.8 Å². The molecule has 2 atom stereocenters. The molecule has 3 amide bonds. The third-order valence-electron chi connectivity index (χ3n) is 9.12. The first-order valence-corrected chi connectivity index (χ1v) is 16.2. The second kappa shape index (κ2) is 14.9. The highest BCUT2D eigenvalue weighted by atomic mass is 19.1. The lowest BCUT2D eigenvalue weighted by atomic mass is 9.95. The van der Waals surface area contributed by atoms with E-state index in [-0.39, 0.29) is 73.0 Å². The predicted octanol–water partition coefficient (Wildman–Crippen LogP) is 3.09. The Labute approximate surface area is 273 Å². The number of halogens is 1. The van der Waals surface area contributed by atoms with Gasteiger partial charge in [0.2, 0.25) is 11.8 Å². The van der Waals surface area contributed by atoms with Gasteiger partial charge in [-0.15, -0.1) is 0 Å². The number of benzene rings is 2. The maximum absolute atomic E-state index is 14.6. The molecule has 0 aliphatic carbocycles. The third-order valence-corrected chi connectivity index (χ3v) is 9.12. The normalized spacial score (nSPS) is 23.1. The standard InChI is InChI=1S/C35H40FN5O6/c36-28-8-3-2-7-27(28)34(44)40-16-17-46-18-19-47-32-11-5-9-29(38-32)33(43)37-26-20-30(35(45)39-14-12-24(21-40)13-15-39)41(23-26)22-25-6-1-4-10-31(25)42/h1-11,24,26,30,42H,12-23H2,(H,37,43)/t26-,30+/m1/s1. The summed E-state index contributed by atoms with van der Waals surface area (Å²) in [5.41, 5.74) is 0.914. The van der Waals surface area contributed by atoms with Gasteiger partial charge in [-0.05, 0) is 49.4 Å². The number of rotatable bonds is 3. The molecular weight excluding hydrogens is 605 g/mol. The molecule has 2 aromatic carbocycles. The van der Waals surface area contributed by atoms with Crippen molar-refractivity contribution in [1.82, 2.24) is 25.0 Å². The number of phenolic OH excluding ortho intramolecular Hbond substituents is 1. The molecule has 7 rings (SSSR count). The molecule has 12 heteroatoms. The number of phenols is 1. The number of piperidine rings is 1. The molecule has 3 aromatic rings. The van der Waals surface area contributed by atoms with E-state index in [0.717, 1.165) is 0 Å². The Balaban J connectivity index is 1.23. The van der Waals surface area contributed by atoms with E-state index >= 15 is 0 Å². The van der Waals surface area contributed by atoms with Gasteiger partial charge in [-0.1, -0.05) is 36.4 Å². The van der Waals surface area contributed by atoms with Gasteiger partial charge in [-0.2, -0.15) is 0 Å². The number of pyridine rings is 1. The molecule has 2 saturated heterocycles. The van der Waals surface area contributed by atoms with Gasteiger partial charge >= 0.3 is 0 Å². The zero-order valence-corrected chi connectivity index (χ0v) is 26.2. The summed E-state index contributed by atoms with van der Waals surface area (Å²) in [6.45, 7) is 3.15. The molecule has 0 saturated carbocycles. The van der Waals surface area contributed by atoms with Gasteiger partial charge in [-0.3, -0.25) is 19.3 Å². The molecular formula is C35H40FN5O6. The highest BCUT2D eigenvalue weighted by molar-refractivity contribution is 5.94. The van der Waals surface area contributed by atoms with Gasteiger partial charge in [-0.25, -0.2) is 9.37 Å². The molecule has 4 aliphatic heterocycles. The second-order valence-corrected chi connectivity index (χ2v) is 12.3. The lowest BCUT2D eigenvalue weighted by molar-refractivity contribution is -0.137. The number of aromatic hydroxyl groups is 1. The quantitative estimate of drug-likeness (QED) is 0.417. The molecule has 4 aliphatic rings. The summed E-state index contributed by atoms with van der Waals surface area (Å²) in [6, 6.07) is 17.2. The van der Waals surface area contributed by atoms with Gasteiger partial charge in [0.05, 0.1) is 24.8 Å². The van der Waals surface area contributed by atoms with Crippen molar-refractivity contribution in [2.75, 3.05) is 52.5 Å². The van der Waals surface area contributed by atoms with Crippen molar-refractivity contribution in [2.45, 2.75) is 37.9 Å². The number of carbonyl (C=O) groups is 3. The molecule has 11 nitrogen and oxygen atoms in total. The molecule has 2 fully saturated rings. The molecule has 0 spiro atoms. The van der Waals surface area contributed by atoms with E-state index in [1.807, 2.05) is 21.9 Å². The Bertz CT molecular complexity index is 1580. The number of nitrogens with one attached hydrogen (secondary N) is 1. The van der Waals surface area contributed by atoms with Crippen molar-refractivity contribution in [2.24, 2.45) is 5.92 Å². The zero-order valence-electron chi connectivity index (χ0n) is 26.2. The van der Waals surface area contributed by atoms with Crippen molar-refractivity contribution in [3.63, 3.8) is 0 Å². The number of aromatic nitrogens is 1. The van der Waals surface area contributed by atoms with Crippen LogP contribution in [0, 0.1) is 11.7 Å². The van der Waals surface area contributed by atoms with E-state index in [9.17, 15) is 23.9 Å². The van der Waals surface area contributed by atoms with E-state index in [0.29, 0.717) is 57.5 Å². The van der Waals surface area contributed by atoms with Crippen LogP contribution >= 0.6 is 0 Å². The van der Waals surface area contributed by atoms with Crippen LogP contribution in [0.5, 0.6) is 11.6 Å². The fraction of sp³-hybridized carbons (Fsp3) is 0.429. The summed E-state index contributed by atoms with van der Waals surface area (Å²) in [6.07, 6.45) is 1.79. The Morgan fingerprint density at radius 3 is 2.53 bits per heavy atom. The van der Waals surface area contributed by atoms with E-state index in [1.54, 1.807) is 47.4 Å². The van der Waals surface area contributed by atoms with Crippen LogP contribution in [0.4, 0.5) is 4.39 Å². The second-order valence-electron chi connectivity index (χ2n) is 12.3. The summed E-state index contributed by atoms with van der Waals surface area (Å²) < 4.78 is 26.1. The average Bonchev–Trinajstić information content (AvgIpc) is 3.48. The number of carbonyl (C=O) groups excluding carboxylic acids is 3. The molecule has 2 N–H and O–H groups in total. The first kappa shape index (κ1) is 32.4. The topological polar surface area (TPSA) is 125 Å². The van der Waals surface area contributed by atoms with Gasteiger partial charge in [0.15, 0.2) is 0 Å². The summed E-state index contributed by atoms with van der Waals surface area (Å²) in [7, 11) is 0. The van der Waals surface area contributed by atoms with Gasteiger partial charge in [0.25, 0.3) is 11.8 Å². The number of nitrogens with zero attached hydrogens (tertiary/aromatic N) is 4. The monoisotopic (exact) mass is 645 g/mol. The van der Waals surface area contributed by atoms with Crippen LogP contribution in [-0.4, -0.2) is 107 Å². The van der Waals surface area contributed by atoms with Crippen LogP contribution in [0.15, 0.2) is 66.7 Å². The van der Waals surface area contributed by atoms with E-state index in [1.165, 1.54) is 12.1 Å². The molecule has 47 heavy (non-hydrogen) atoms. The maximum atomic E-state index is 14.6. The molecule has 6 bridgehead atoms. The van der Waals surface area contributed by atoms with Crippen LogP contribution in [-0.2, 0) is 16.1 Å². The number of hydrogen-bond acceptors (Lipinski definition) is 8. The van der Waals surface area contributed by atoms with Gasteiger partial charge in [0.1, 0.15) is 23.9 Å². The van der Waals surface area contributed by atoms with Crippen molar-refractivity contribution in [3.8, 4) is 11.6 Å². The fourth-order valence-corrected chi connectivity index (χ4v) is 6.61. The molecule has 248 valence electrons. The largest absolute Gasteiger partial charge is 0.508 e. The highest BCUT2D eigenvalue weighted by Gasteiger charge is 2.40. The molecule has 1 aromatic heterocycles.